The molecule has 1 aliphatic rings. The van der Waals surface area contributed by atoms with Crippen LogP contribution in [0, 0.1) is 11.3 Å². The average molecular weight is 186 g/mol. The third kappa shape index (κ3) is 1.54. The third-order valence-electron chi connectivity index (χ3n) is 0.889. The topological polar surface area (TPSA) is 39.4 Å². The molecule has 0 amide bonds. The maximum atomic E-state index is 8.35. The van der Waals surface area contributed by atoms with Crippen LogP contribution in [0.1, 0.15) is 0 Å². The summed E-state index contributed by atoms with van der Waals surface area (Å²) in [5.74, 6) is 0. The van der Waals surface area contributed by atoms with Crippen LogP contribution in [-0.2, 0) is 0 Å². The molecular weight excluding hydrogens is 182 g/mol. The smallest absolute Gasteiger partial charge is 0.138 e. The first kappa shape index (κ1) is 6.30. The molecule has 1 rings (SSSR count). The monoisotopic (exact) mass is 185 g/mol. The summed E-state index contributed by atoms with van der Waals surface area (Å²) in [5.41, 5.74) is 0.523. The molecule has 0 aliphatic carbocycles. The van der Waals surface area contributed by atoms with Crippen molar-refractivity contribution in [2.75, 3.05) is 6.54 Å². The van der Waals surface area contributed by atoms with Crippen molar-refractivity contribution in [2.45, 2.75) is 0 Å². The van der Waals surface area contributed by atoms with E-state index in [1.165, 1.54) is 0 Å². The number of nitrogens with zero attached hydrogens (tertiary/aromatic N) is 3. The lowest BCUT2D eigenvalue weighted by molar-refractivity contribution is 0.733. The molecule has 0 saturated heterocycles. The lowest BCUT2D eigenvalue weighted by atomic mass is 10.4. The van der Waals surface area contributed by atoms with E-state index in [1.54, 1.807) is 16.3 Å². The molecule has 0 aromatic carbocycles. The summed E-state index contributed by atoms with van der Waals surface area (Å²) in [5, 5.41) is 8.35. The lowest BCUT2D eigenvalue weighted by Crippen LogP contribution is -2.16. The Kier molecular flexibility index (Phi) is 1.85. The van der Waals surface area contributed by atoms with Gasteiger partial charge in [-0.15, -0.1) is 0 Å². The van der Waals surface area contributed by atoms with Crippen LogP contribution in [0.3, 0.4) is 0 Å². The van der Waals surface area contributed by atoms with E-state index in [0.717, 1.165) is 0 Å². The van der Waals surface area contributed by atoms with Gasteiger partial charge in [-0.2, -0.15) is 5.26 Å². The molecule has 4 heteroatoms. The van der Waals surface area contributed by atoms with Crippen LogP contribution in [0.25, 0.3) is 0 Å². The molecule has 0 fully saturated rings. The normalized spacial score (nSPS) is 16.9. The SMILES string of the molecule is N#CC1=NC=CN(Br)C1. The lowest BCUT2D eigenvalue weighted by Gasteiger charge is -2.10. The highest BCUT2D eigenvalue weighted by atomic mass is 79.9. The van der Waals surface area contributed by atoms with Gasteiger partial charge >= 0.3 is 0 Å². The molecule has 9 heavy (non-hydrogen) atoms. The molecular formula is C5H4BrN3. The van der Waals surface area contributed by atoms with E-state index in [2.05, 4.69) is 21.1 Å². The standard InChI is InChI=1S/C5H4BrN3/c6-9-2-1-8-5(3-7)4-9/h1-2H,4H2. The number of hydrogen-bond donors (Lipinski definition) is 0. The Morgan fingerprint density at radius 2 is 2.67 bits per heavy atom. The molecule has 0 radical (unpaired) electrons. The molecule has 0 N–H and O–H groups in total. The fourth-order valence-corrected chi connectivity index (χ4v) is 0.840. The minimum Gasteiger partial charge on any atom is -0.307 e. The minimum absolute atomic E-state index is 0.523. The zero-order valence-corrected chi connectivity index (χ0v) is 6.17. The van der Waals surface area contributed by atoms with E-state index in [-0.39, 0.29) is 0 Å². The Labute approximate surface area is 61.6 Å². The zero-order valence-electron chi connectivity index (χ0n) is 4.58. The van der Waals surface area contributed by atoms with Crippen LogP contribution in [0.15, 0.2) is 17.4 Å². The van der Waals surface area contributed by atoms with Crippen molar-refractivity contribution in [2.24, 2.45) is 4.99 Å². The molecule has 0 spiro atoms. The number of nitriles is 1. The molecule has 0 atom stereocenters. The van der Waals surface area contributed by atoms with Gasteiger partial charge in [-0.1, -0.05) is 0 Å². The summed E-state index contributed by atoms with van der Waals surface area (Å²) in [7, 11) is 0. The number of hydrogen-bond acceptors (Lipinski definition) is 3. The van der Waals surface area contributed by atoms with Gasteiger partial charge in [0.05, 0.1) is 6.54 Å². The predicted octanol–water partition coefficient (Wildman–Crippen LogP) is 1.05. The van der Waals surface area contributed by atoms with Crippen molar-refractivity contribution in [3.63, 3.8) is 0 Å². The van der Waals surface area contributed by atoms with Crippen molar-refractivity contribution in [1.82, 2.24) is 3.93 Å². The average Bonchev–Trinajstić information content (AvgIpc) is 1.88. The van der Waals surface area contributed by atoms with Crippen LogP contribution in [0.5, 0.6) is 0 Å². The summed E-state index contributed by atoms with van der Waals surface area (Å²) in [6, 6.07) is 1.96. The molecule has 1 heterocycles. The van der Waals surface area contributed by atoms with Gasteiger partial charge in [0.1, 0.15) is 11.8 Å². The largest absolute Gasteiger partial charge is 0.307 e. The Morgan fingerprint density at radius 1 is 1.89 bits per heavy atom. The van der Waals surface area contributed by atoms with Gasteiger partial charge in [-0.25, -0.2) is 4.99 Å². The van der Waals surface area contributed by atoms with Crippen molar-refractivity contribution >= 4 is 21.9 Å². The Morgan fingerprint density at radius 3 is 3.11 bits per heavy atom. The van der Waals surface area contributed by atoms with Gasteiger partial charge in [0.25, 0.3) is 0 Å². The minimum atomic E-state index is 0.523. The molecule has 46 valence electrons. The second-order valence-electron chi connectivity index (χ2n) is 1.54. The maximum absolute atomic E-state index is 8.35. The van der Waals surface area contributed by atoms with Gasteiger partial charge < -0.3 is 3.93 Å². The number of aliphatic imine (C=N–C) groups is 1. The second kappa shape index (κ2) is 2.65. The molecule has 1 aliphatic heterocycles. The summed E-state index contributed by atoms with van der Waals surface area (Å²) in [4.78, 5) is 3.80. The van der Waals surface area contributed by atoms with E-state index in [4.69, 9.17) is 5.26 Å². The van der Waals surface area contributed by atoms with Gasteiger partial charge in [-0.05, 0) is 0 Å². The van der Waals surface area contributed by atoms with Crippen LogP contribution >= 0.6 is 16.1 Å². The van der Waals surface area contributed by atoms with Crippen molar-refractivity contribution in [3.8, 4) is 6.07 Å². The maximum Gasteiger partial charge on any atom is 0.138 e. The number of rotatable bonds is 0. The van der Waals surface area contributed by atoms with Crippen LogP contribution in [0.4, 0.5) is 0 Å². The zero-order chi connectivity index (χ0) is 6.69. The summed E-state index contributed by atoms with van der Waals surface area (Å²) < 4.78 is 1.72. The highest BCUT2D eigenvalue weighted by molar-refractivity contribution is 9.07. The van der Waals surface area contributed by atoms with E-state index < -0.39 is 0 Å². The van der Waals surface area contributed by atoms with Crippen molar-refractivity contribution < 1.29 is 0 Å². The number of halogens is 1. The van der Waals surface area contributed by atoms with Crippen LogP contribution in [-0.4, -0.2) is 16.2 Å². The molecule has 0 bridgehead atoms. The van der Waals surface area contributed by atoms with E-state index in [1.807, 2.05) is 6.07 Å². The van der Waals surface area contributed by atoms with Gasteiger partial charge in [0, 0.05) is 28.5 Å². The fraction of sp³-hybridized carbons (Fsp3) is 0.200. The first-order chi connectivity index (χ1) is 4.33. The second-order valence-corrected chi connectivity index (χ2v) is 2.45. The molecule has 3 nitrogen and oxygen atoms in total. The fourth-order valence-electron chi connectivity index (χ4n) is 0.496. The van der Waals surface area contributed by atoms with E-state index in [9.17, 15) is 0 Å². The van der Waals surface area contributed by atoms with Crippen LogP contribution in [0.2, 0.25) is 0 Å². The summed E-state index contributed by atoms with van der Waals surface area (Å²) >= 11 is 3.18. The Hall–Kier alpha value is -0.820. The first-order valence-electron chi connectivity index (χ1n) is 2.39. The molecule has 0 aromatic heterocycles. The third-order valence-corrected chi connectivity index (χ3v) is 1.38. The Balaban J connectivity index is 2.69. The van der Waals surface area contributed by atoms with Crippen molar-refractivity contribution in [1.29, 1.82) is 5.26 Å². The quantitative estimate of drug-likeness (QED) is 0.530. The van der Waals surface area contributed by atoms with E-state index >= 15 is 0 Å². The Bertz CT molecular complexity index is 201. The van der Waals surface area contributed by atoms with Gasteiger partial charge in [0.15, 0.2) is 0 Å². The van der Waals surface area contributed by atoms with Crippen molar-refractivity contribution in [3.05, 3.63) is 12.4 Å². The highest BCUT2D eigenvalue weighted by Gasteiger charge is 2.03. The molecule has 0 saturated carbocycles. The van der Waals surface area contributed by atoms with Gasteiger partial charge in [-0.3, -0.25) is 0 Å². The predicted molar refractivity (Wildman–Crippen MR) is 37.8 cm³/mol. The van der Waals surface area contributed by atoms with E-state index in [0.29, 0.717) is 12.3 Å². The summed E-state index contributed by atoms with van der Waals surface area (Å²) in [6.45, 7) is 0.549. The van der Waals surface area contributed by atoms with Gasteiger partial charge in [0.2, 0.25) is 0 Å². The molecule has 0 aromatic rings. The summed E-state index contributed by atoms with van der Waals surface area (Å²) in [6.07, 6.45) is 3.33. The van der Waals surface area contributed by atoms with Crippen LogP contribution < -0.4 is 0 Å². The first-order valence-corrected chi connectivity index (χ1v) is 3.10. The molecule has 0 unspecified atom stereocenters. The highest BCUT2D eigenvalue weighted by Crippen LogP contribution is 2.03.